The summed E-state index contributed by atoms with van der Waals surface area (Å²) in [5.41, 5.74) is 0.641. The maximum atomic E-state index is 12.5. The lowest BCUT2D eigenvalue weighted by Crippen LogP contribution is -2.41. The normalized spacial score (nSPS) is 12.3. The molecule has 4 heteroatoms. The topological polar surface area (TPSA) is 44.2 Å². The van der Waals surface area contributed by atoms with Gasteiger partial charge in [0.15, 0.2) is 0 Å². The summed E-state index contributed by atoms with van der Waals surface area (Å²) in [5.74, 6) is 0.393. The minimum atomic E-state index is -0.000262. The molecule has 0 aliphatic carbocycles. The molecule has 0 unspecified atom stereocenters. The van der Waals surface area contributed by atoms with Crippen molar-refractivity contribution >= 4 is 23.7 Å². The van der Waals surface area contributed by atoms with E-state index in [1.54, 1.807) is 24.3 Å². The van der Waals surface area contributed by atoms with E-state index >= 15 is 0 Å². The van der Waals surface area contributed by atoms with Crippen LogP contribution in [0.25, 0.3) is 0 Å². The molecular weight excluding hydrogens is 260 g/mol. The number of amides is 1. The van der Waals surface area contributed by atoms with Crippen LogP contribution in [0.4, 0.5) is 0 Å². The fraction of sp³-hybridized carbons (Fsp3) is 0.467. The van der Waals surface area contributed by atoms with Gasteiger partial charge in [-0.2, -0.15) is 0 Å². The molecule has 1 atom stereocenters. The molecule has 104 valence electrons. The van der Waals surface area contributed by atoms with Crippen molar-refractivity contribution in [1.29, 1.82) is 5.41 Å². The van der Waals surface area contributed by atoms with Crippen molar-refractivity contribution in [1.82, 2.24) is 4.90 Å². The molecule has 19 heavy (non-hydrogen) atoms. The molecule has 1 aromatic carbocycles. The Morgan fingerprint density at radius 1 is 1.32 bits per heavy atom. The van der Waals surface area contributed by atoms with Crippen molar-refractivity contribution in [3.63, 3.8) is 0 Å². The Hall–Kier alpha value is -1.35. The van der Waals surface area contributed by atoms with Gasteiger partial charge in [-0.25, -0.2) is 0 Å². The summed E-state index contributed by atoms with van der Waals surface area (Å²) in [6, 6.07) is 6.97. The lowest BCUT2D eigenvalue weighted by atomic mass is 10.1. The number of rotatable bonds is 6. The molecule has 0 heterocycles. The highest BCUT2D eigenvalue weighted by atomic mass is 35.5. The first-order valence-electron chi connectivity index (χ1n) is 6.51. The molecule has 0 aliphatic heterocycles. The van der Waals surface area contributed by atoms with Crippen LogP contribution in [0.1, 0.15) is 37.6 Å². The molecule has 1 aromatic rings. The van der Waals surface area contributed by atoms with Crippen LogP contribution in [0.3, 0.4) is 0 Å². The monoisotopic (exact) mass is 280 g/mol. The molecule has 0 fully saturated rings. The van der Waals surface area contributed by atoms with Gasteiger partial charge < -0.3 is 10.3 Å². The lowest BCUT2D eigenvalue weighted by molar-refractivity contribution is 0.0673. The summed E-state index contributed by atoms with van der Waals surface area (Å²) in [7, 11) is 0. The highest BCUT2D eigenvalue weighted by Gasteiger charge is 2.21. The van der Waals surface area contributed by atoms with Gasteiger partial charge in [-0.1, -0.05) is 25.4 Å². The molecule has 0 radical (unpaired) electrons. The molecule has 0 bridgehead atoms. The number of benzene rings is 1. The highest BCUT2D eigenvalue weighted by molar-refractivity contribution is 6.30. The standard InChI is InChI=1S/C15H21ClN2O/c1-11(2)10-18(12(3)8-9-17)15(19)13-4-6-14(16)7-5-13/h4-7,9,11-12,17H,8,10H2,1-3H3/t12-/m0/s1. The van der Waals surface area contributed by atoms with Gasteiger partial charge >= 0.3 is 0 Å². The first kappa shape index (κ1) is 15.7. The molecule has 0 aromatic heterocycles. The van der Waals surface area contributed by atoms with Crippen molar-refractivity contribution < 1.29 is 4.79 Å². The second-order valence-corrected chi connectivity index (χ2v) is 5.58. The number of carbonyl (C=O) groups excluding carboxylic acids is 1. The zero-order valence-electron chi connectivity index (χ0n) is 11.7. The van der Waals surface area contributed by atoms with Crippen LogP contribution in [0.2, 0.25) is 5.02 Å². The number of nitrogens with zero attached hydrogens (tertiary/aromatic N) is 1. The highest BCUT2D eigenvalue weighted by Crippen LogP contribution is 2.15. The van der Waals surface area contributed by atoms with Gasteiger partial charge in [0.2, 0.25) is 0 Å². The largest absolute Gasteiger partial charge is 0.335 e. The fourth-order valence-electron chi connectivity index (χ4n) is 1.91. The maximum absolute atomic E-state index is 12.5. The van der Waals surface area contributed by atoms with E-state index in [9.17, 15) is 4.79 Å². The average molecular weight is 281 g/mol. The van der Waals surface area contributed by atoms with E-state index in [2.05, 4.69) is 13.8 Å². The van der Waals surface area contributed by atoms with Gasteiger partial charge in [-0.15, -0.1) is 0 Å². The molecule has 1 amide bonds. The van der Waals surface area contributed by atoms with Crippen molar-refractivity contribution in [2.45, 2.75) is 33.2 Å². The van der Waals surface area contributed by atoms with E-state index < -0.39 is 0 Å². The van der Waals surface area contributed by atoms with Gasteiger partial charge in [0.1, 0.15) is 0 Å². The summed E-state index contributed by atoms with van der Waals surface area (Å²) in [5, 5.41) is 7.83. The van der Waals surface area contributed by atoms with Gasteiger partial charge in [0.25, 0.3) is 5.91 Å². The number of nitrogens with one attached hydrogen (secondary N) is 1. The Bertz CT molecular complexity index is 428. The predicted molar refractivity (Wildman–Crippen MR) is 80.2 cm³/mol. The summed E-state index contributed by atoms with van der Waals surface area (Å²) >= 11 is 5.84. The molecular formula is C15H21ClN2O. The Morgan fingerprint density at radius 3 is 2.37 bits per heavy atom. The molecule has 0 saturated carbocycles. The first-order valence-corrected chi connectivity index (χ1v) is 6.89. The van der Waals surface area contributed by atoms with E-state index in [0.29, 0.717) is 29.5 Å². The molecule has 3 nitrogen and oxygen atoms in total. The Labute approximate surface area is 120 Å². The van der Waals surface area contributed by atoms with Crippen LogP contribution >= 0.6 is 11.6 Å². The Morgan fingerprint density at radius 2 is 1.89 bits per heavy atom. The van der Waals surface area contributed by atoms with Gasteiger partial charge in [0, 0.05) is 29.6 Å². The van der Waals surface area contributed by atoms with Crippen LogP contribution in [-0.4, -0.2) is 29.6 Å². The van der Waals surface area contributed by atoms with E-state index in [1.165, 1.54) is 6.21 Å². The minimum absolute atomic E-state index is 0.000262. The average Bonchev–Trinajstić information content (AvgIpc) is 2.36. The smallest absolute Gasteiger partial charge is 0.254 e. The maximum Gasteiger partial charge on any atom is 0.254 e. The van der Waals surface area contributed by atoms with Crippen LogP contribution in [0.5, 0.6) is 0 Å². The van der Waals surface area contributed by atoms with Gasteiger partial charge in [-0.3, -0.25) is 4.79 Å². The third-order valence-corrected chi connectivity index (χ3v) is 3.16. The molecule has 0 spiro atoms. The number of hydrogen-bond donors (Lipinski definition) is 1. The summed E-state index contributed by atoms with van der Waals surface area (Å²) in [4.78, 5) is 14.3. The van der Waals surface area contributed by atoms with E-state index in [1.807, 2.05) is 11.8 Å². The third kappa shape index (κ3) is 4.67. The Balaban J connectivity index is 2.92. The predicted octanol–water partition coefficient (Wildman–Crippen LogP) is 3.87. The number of halogens is 1. The van der Waals surface area contributed by atoms with E-state index in [0.717, 1.165) is 0 Å². The number of carbonyl (C=O) groups is 1. The van der Waals surface area contributed by atoms with Gasteiger partial charge in [-0.05, 0) is 43.3 Å². The van der Waals surface area contributed by atoms with Crippen molar-refractivity contribution in [3.8, 4) is 0 Å². The molecule has 1 rings (SSSR count). The van der Waals surface area contributed by atoms with Crippen LogP contribution in [-0.2, 0) is 0 Å². The number of hydrogen-bond acceptors (Lipinski definition) is 2. The van der Waals surface area contributed by atoms with Crippen molar-refractivity contribution in [2.75, 3.05) is 6.54 Å². The third-order valence-electron chi connectivity index (χ3n) is 2.90. The summed E-state index contributed by atoms with van der Waals surface area (Å²) in [6.45, 7) is 6.83. The minimum Gasteiger partial charge on any atom is -0.335 e. The van der Waals surface area contributed by atoms with Crippen LogP contribution in [0.15, 0.2) is 24.3 Å². The zero-order chi connectivity index (χ0) is 14.4. The zero-order valence-corrected chi connectivity index (χ0v) is 12.4. The second-order valence-electron chi connectivity index (χ2n) is 5.15. The SMILES string of the molecule is CC(C)CN(C(=O)c1ccc(Cl)cc1)[C@@H](C)CC=N. The lowest BCUT2D eigenvalue weighted by Gasteiger charge is -2.30. The van der Waals surface area contributed by atoms with Crippen molar-refractivity contribution in [2.24, 2.45) is 5.92 Å². The van der Waals surface area contributed by atoms with E-state index in [-0.39, 0.29) is 11.9 Å². The summed E-state index contributed by atoms with van der Waals surface area (Å²) in [6.07, 6.45) is 1.93. The van der Waals surface area contributed by atoms with Crippen molar-refractivity contribution in [3.05, 3.63) is 34.9 Å². The second kappa shape index (κ2) is 7.29. The fourth-order valence-corrected chi connectivity index (χ4v) is 2.04. The quantitative estimate of drug-likeness (QED) is 0.790. The first-order chi connectivity index (χ1) is 8.95. The van der Waals surface area contributed by atoms with E-state index in [4.69, 9.17) is 17.0 Å². The van der Waals surface area contributed by atoms with Gasteiger partial charge in [0.05, 0.1) is 0 Å². The van der Waals surface area contributed by atoms with Crippen LogP contribution < -0.4 is 0 Å². The summed E-state index contributed by atoms with van der Waals surface area (Å²) < 4.78 is 0. The Kier molecular flexibility index (Phi) is 6.03. The molecule has 0 aliphatic rings. The molecule has 1 N–H and O–H groups in total. The molecule has 0 saturated heterocycles. The van der Waals surface area contributed by atoms with Crippen LogP contribution in [0, 0.1) is 11.3 Å².